The number of carbonyl (C=O) groups excluding carboxylic acids is 1. The number of amides is 1. The number of piperazine rings is 1. The molecule has 5 heteroatoms. The number of rotatable bonds is 12. The van der Waals surface area contributed by atoms with Crippen LogP contribution in [0.5, 0.6) is 5.75 Å². The summed E-state index contributed by atoms with van der Waals surface area (Å²) in [4.78, 5) is 20.2. The van der Waals surface area contributed by atoms with Gasteiger partial charge in [-0.15, -0.1) is 6.58 Å². The molecule has 2 unspecified atom stereocenters. The largest absolute Gasteiger partial charge is 0.497 e. The van der Waals surface area contributed by atoms with E-state index in [1.807, 2.05) is 43.0 Å². The topological polar surface area (TPSA) is 36.0 Å². The summed E-state index contributed by atoms with van der Waals surface area (Å²) >= 11 is 0. The van der Waals surface area contributed by atoms with Crippen molar-refractivity contribution in [2.75, 3.05) is 39.8 Å². The van der Waals surface area contributed by atoms with Crippen molar-refractivity contribution in [1.82, 2.24) is 14.7 Å². The zero-order chi connectivity index (χ0) is 27.0. The molecule has 1 fully saturated rings. The zero-order valence-electron chi connectivity index (χ0n) is 23.9. The lowest BCUT2D eigenvalue weighted by Gasteiger charge is -2.56. The van der Waals surface area contributed by atoms with E-state index in [2.05, 4.69) is 67.5 Å². The van der Waals surface area contributed by atoms with Crippen molar-refractivity contribution in [2.24, 2.45) is 0 Å². The number of hydrogen-bond acceptors (Lipinski definition) is 4. The maximum Gasteiger partial charge on any atom is 0.253 e. The van der Waals surface area contributed by atoms with Gasteiger partial charge in [-0.3, -0.25) is 14.6 Å². The Morgan fingerprint density at radius 2 is 1.76 bits per heavy atom. The average molecular weight is 506 g/mol. The van der Waals surface area contributed by atoms with Crippen LogP contribution in [0.15, 0.2) is 61.2 Å². The van der Waals surface area contributed by atoms with Crippen molar-refractivity contribution < 1.29 is 9.53 Å². The standard InChI is InChI=1S/C32H47N3O2/c1-8-21-34-23-28(9-2)35(24-32(34,10-3)11-4)30(27-15-14-16-29(22-27)37-7)25-17-19-26(20-18-25)31(36)33(12-5)13-6/h8,14-20,22,28,30H,1,9-13,21,23-24H2,2-7H3. The lowest BCUT2D eigenvalue weighted by atomic mass is 9.83. The minimum Gasteiger partial charge on any atom is -0.497 e. The highest BCUT2D eigenvalue weighted by Gasteiger charge is 2.44. The number of methoxy groups -OCH3 is 1. The minimum atomic E-state index is 0.0704. The van der Waals surface area contributed by atoms with Crippen molar-refractivity contribution >= 4 is 5.91 Å². The van der Waals surface area contributed by atoms with E-state index in [1.54, 1.807) is 7.11 Å². The third-order valence-corrected chi connectivity index (χ3v) is 8.45. The first kappa shape index (κ1) is 28.9. The van der Waals surface area contributed by atoms with Crippen LogP contribution in [-0.4, -0.2) is 72.0 Å². The molecule has 0 aromatic heterocycles. The van der Waals surface area contributed by atoms with E-state index in [0.29, 0.717) is 19.1 Å². The molecule has 1 amide bonds. The molecule has 0 aliphatic carbocycles. The molecule has 1 aliphatic rings. The Hall–Kier alpha value is -2.63. The number of carbonyl (C=O) groups is 1. The average Bonchev–Trinajstić information content (AvgIpc) is 2.94. The van der Waals surface area contributed by atoms with Crippen LogP contribution in [0.4, 0.5) is 0 Å². The van der Waals surface area contributed by atoms with Crippen LogP contribution in [0.1, 0.15) is 81.4 Å². The lowest BCUT2D eigenvalue weighted by molar-refractivity contribution is -0.0490. The first-order valence-electron chi connectivity index (χ1n) is 14.1. The van der Waals surface area contributed by atoms with Crippen LogP contribution in [0.3, 0.4) is 0 Å². The van der Waals surface area contributed by atoms with E-state index >= 15 is 0 Å². The van der Waals surface area contributed by atoms with Crippen molar-refractivity contribution in [3.63, 3.8) is 0 Å². The third kappa shape index (κ3) is 6.10. The Bertz CT molecular complexity index is 1010. The second-order valence-electron chi connectivity index (χ2n) is 10.1. The van der Waals surface area contributed by atoms with Gasteiger partial charge in [-0.1, -0.05) is 51.1 Å². The SMILES string of the molecule is C=CCN1CC(CC)N(C(c2ccc(C(=O)N(CC)CC)cc2)c2cccc(OC)c2)CC1(CC)CC. The fraction of sp³-hybridized carbons (Fsp3) is 0.531. The Morgan fingerprint density at radius 3 is 2.30 bits per heavy atom. The highest BCUT2D eigenvalue weighted by atomic mass is 16.5. The smallest absolute Gasteiger partial charge is 0.253 e. The van der Waals surface area contributed by atoms with Gasteiger partial charge in [0.2, 0.25) is 0 Å². The van der Waals surface area contributed by atoms with Crippen LogP contribution in [0.25, 0.3) is 0 Å². The van der Waals surface area contributed by atoms with Crippen molar-refractivity contribution in [1.29, 1.82) is 0 Å². The van der Waals surface area contributed by atoms with Gasteiger partial charge in [0.25, 0.3) is 5.91 Å². The predicted octanol–water partition coefficient (Wildman–Crippen LogP) is 6.41. The monoisotopic (exact) mass is 505 g/mol. The Kier molecular flexibility index (Phi) is 10.4. The summed E-state index contributed by atoms with van der Waals surface area (Å²) in [7, 11) is 1.73. The van der Waals surface area contributed by atoms with Gasteiger partial charge in [0, 0.05) is 49.9 Å². The predicted molar refractivity (Wildman–Crippen MR) is 154 cm³/mol. The molecule has 1 saturated heterocycles. The van der Waals surface area contributed by atoms with Crippen LogP contribution in [0.2, 0.25) is 0 Å². The van der Waals surface area contributed by atoms with Crippen LogP contribution in [0, 0.1) is 0 Å². The van der Waals surface area contributed by atoms with Crippen LogP contribution >= 0.6 is 0 Å². The first-order chi connectivity index (χ1) is 17.9. The fourth-order valence-electron chi connectivity index (χ4n) is 6.02. The molecule has 5 nitrogen and oxygen atoms in total. The molecular formula is C32H47N3O2. The molecule has 0 N–H and O–H groups in total. The van der Waals surface area contributed by atoms with E-state index in [0.717, 1.165) is 50.2 Å². The highest BCUT2D eigenvalue weighted by Crippen LogP contribution is 2.40. The Balaban J connectivity index is 2.10. The van der Waals surface area contributed by atoms with Gasteiger partial charge in [-0.2, -0.15) is 0 Å². The molecule has 2 atom stereocenters. The van der Waals surface area contributed by atoms with E-state index in [-0.39, 0.29) is 17.5 Å². The lowest BCUT2D eigenvalue weighted by Crippen LogP contribution is -2.65. The molecule has 0 bridgehead atoms. The maximum absolute atomic E-state index is 13.0. The summed E-state index contributed by atoms with van der Waals surface area (Å²) in [6, 6.07) is 17.3. The molecule has 2 aromatic rings. The van der Waals surface area contributed by atoms with E-state index < -0.39 is 0 Å². The zero-order valence-corrected chi connectivity index (χ0v) is 23.9. The summed E-state index contributed by atoms with van der Waals surface area (Å²) in [6.07, 6.45) is 5.29. The summed E-state index contributed by atoms with van der Waals surface area (Å²) in [5.74, 6) is 0.960. The van der Waals surface area contributed by atoms with Gasteiger partial charge >= 0.3 is 0 Å². The van der Waals surface area contributed by atoms with Crippen LogP contribution < -0.4 is 4.74 Å². The fourth-order valence-corrected chi connectivity index (χ4v) is 6.02. The molecule has 37 heavy (non-hydrogen) atoms. The van der Waals surface area contributed by atoms with Gasteiger partial charge in [-0.05, 0) is 68.5 Å². The van der Waals surface area contributed by atoms with Crippen LogP contribution in [-0.2, 0) is 0 Å². The van der Waals surface area contributed by atoms with Gasteiger partial charge in [0.1, 0.15) is 5.75 Å². The Labute approximate surface area is 225 Å². The van der Waals surface area contributed by atoms with Crippen molar-refractivity contribution in [3.8, 4) is 5.75 Å². The Morgan fingerprint density at radius 1 is 1.08 bits per heavy atom. The molecular weight excluding hydrogens is 458 g/mol. The summed E-state index contributed by atoms with van der Waals surface area (Å²) in [5, 5.41) is 0. The maximum atomic E-state index is 13.0. The van der Waals surface area contributed by atoms with E-state index in [1.165, 1.54) is 11.1 Å². The second kappa shape index (κ2) is 13.3. The number of hydrogen-bond donors (Lipinski definition) is 0. The minimum absolute atomic E-state index is 0.0704. The normalized spacial score (nSPS) is 18.8. The van der Waals surface area contributed by atoms with Gasteiger partial charge in [0.05, 0.1) is 13.2 Å². The summed E-state index contributed by atoms with van der Waals surface area (Å²) < 4.78 is 5.63. The van der Waals surface area contributed by atoms with Gasteiger partial charge in [-0.25, -0.2) is 0 Å². The molecule has 0 spiro atoms. The molecule has 3 rings (SSSR count). The molecule has 1 aliphatic heterocycles. The number of nitrogens with zero attached hydrogens (tertiary/aromatic N) is 3. The second-order valence-corrected chi connectivity index (χ2v) is 10.1. The van der Waals surface area contributed by atoms with Crippen molar-refractivity contribution in [3.05, 3.63) is 77.9 Å². The van der Waals surface area contributed by atoms with Crippen molar-refractivity contribution in [2.45, 2.75) is 71.5 Å². The third-order valence-electron chi connectivity index (χ3n) is 8.45. The van der Waals surface area contributed by atoms with E-state index in [4.69, 9.17) is 4.74 Å². The first-order valence-corrected chi connectivity index (χ1v) is 14.1. The molecule has 0 radical (unpaired) electrons. The number of benzene rings is 2. The molecule has 0 saturated carbocycles. The summed E-state index contributed by atoms with van der Waals surface area (Å²) in [5.41, 5.74) is 3.27. The number of ether oxygens (including phenoxy) is 1. The summed E-state index contributed by atoms with van der Waals surface area (Å²) in [6.45, 7) is 19.4. The molecule has 202 valence electrons. The van der Waals surface area contributed by atoms with E-state index in [9.17, 15) is 4.79 Å². The quantitative estimate of drug-likeness (QED) is 0.312. The highest BCUT2D eigenvalue weighted by molar-refractivity contribution is 5.94. The van der Waals surface area contributed by atoms with Gasteiger partial charge < -0.3 is 9.64 Å². The molecule has 2 aromatic carbocycles. The molecule has 1 heterocycles. The van der Waals surface area contributed by atoms with Gasteiger partial charge in [0.15, 0.2) is 0 Å².